The molecule has 2 aromatic rings. The molecule has 0 fully saturated rings. The van der Waals surface area contributed by atoms with E-state index in [-0.39, 0.29) is 6.61 Å². The zero-order valence-electron chi connectivity index (χ0n) is 11.0. The molecule has 2 N–H and O–H groups in total. The normalized spacial score (nSPS) is 10.8. The minimum Gasteiger partial charge on any atom is -0.396 e. The Morgan fingerprint density at radius 2 is 2.05 bits per heavy atom. The lowest BCUT2D eigenvalue weighted by Gasteiger charge is -2.02. The summed E-state index contributed by atoms with van der Waals surface area (Å²) in [6.07, 6.45) is 3.65. The van der Waals surface area contributed by atoms with Crippen LogP contribution in [0.15, 0.2) is 36.5 Å². The predicted octanol–water partition coefficient (Wildman–Crippen LogP) is 0.993. The fraction of sp³-hybridized carbons (Fsp3) is 0.429. The zero-order valence-corrected chi connectivity index (χ0v) is 11.0. The quantitative estimate of drug-likeness (QED) is 0.695. The van der Waals surface area contributed by atoms with E-state index >= 15 is 0 Å². The summed E-state index contributed by atoms with van der Waals surface area (Å²) in [6, 6.07) is 10.4. The minimum atomic E-state index is 0.185. The Morgan fingerprint density at radius 3 is 2.84 bits per heavy atom. The summed E-state index contributed by atoms with van der Waals surface area (Å²) in [4.78, 5) is 0. The molecule has 0 radical (unpaired) electrons. The third kappa shape index (κ3) is 4.81. The SMILES string of the molecule is OCCCn1cc(CNCCc2ccccc2)nn1. The molecule has 0 saturated heterocycles. The first-order valence-electron chi connectivity index (χ1n) is 6.63. The van der Waals surface area contributed by atoms with Crippen molar-refractivity contribution in [3.05, 3.63) is 47.8 Å². The molecule has 0 amide bonds. The number of aryl methyl sites for hydroxylation is 1. The van der Waals surface area contributed by atoms with Crippen molar-refractivity contribution in [2.75, 3.05) is 13.2 Å². The molecule has 1 aromatic heterocycles. The summed E-state index contributed by atoms with van der Waals surface area (Å²) >= 11 is 0. The third-order valence-electron chi connectivity index (χ3n) is 2.87. The second-order valence-corrected chi connectivity index (χ2v) is 4.46. The van der Waals surface area contributed by atoms with Crippen LogP contribution >= 0.6 is 0 Å². The molecule has 0 atom stereocenters. The topological polar surface area (TPSA) is 63.0 Å². The maximum atomic E-state index is 8.74. The highest BCUT2D eigenvalue weighted by molar-refractivity contribution is 5.14. The Hall–Kier alpha value is -1.72. The van der Waals surface area contributed by atoms with Crippen molar-refractivity contribution in [2.24, 2.45) is 0 Å². The van der Waals surface area contributed by atoms with Gasteiger partial charge in [-0.25, -0.2) is 0 Å². The Labute approximate surface area is 113 Å². The van der Waals surface area contributed by atoms with Gasteiger partial charge in [-0.2, -0.15) is 0 Å². The zero-order chi connectivity index (χ0) is 13.3. The second kappa shape index (κ2) is 7.66. The van der Waals surface area contributed by atoms with Gasteiger partial charge in [0.15, 0.2) is 0 Å². The molecule has 0 bridgehead atoms. The van der Waals surface area contributed by atoms with Crippen LogP contribution in [0.3, 0.4) is 0 Å². The molecule has 5 nitrogen and oxygen atoms in total. The molecule has 1 heterocycles. The summed E-state index contributed by atoms with van der Waals surface area (Å²) in [7, 11) is 0. The van der Waals surface area contributed by atoms with Crippen LogP contribution in [-0.2, 0) is 19.5 Å². The molecule has 5 heteroatoms. The largest absolute Gasteiger partial charge is 0.396 e. The van der Waals surface area contributed by atoms with E-state index in [1.165, 1.54) is 5.56 Å². The van der Waals surface area contributed by atoms with Crippen LogP contribution in [0.2, 0.25) is 0 Å². The second-order valence-electron chi connectivity index (χ2n) is 4.46. The van der Waals surface area contributed by atoms with E-state index in [9.17, 15) is 0 Å². The highest BCUT2D eigenvalue weighted by Gasteiger charge is 2.00. The number of aromatic nitrogens is 3. The smallest absolute Gasteiger partial charge is 0.0964 e. The molecular formula is C14H20N4O. The van der Waals surface area contributed by atoms with Crippen LogP contribution in [0, 0.1) is 0 Å². The van der Waals surface area contributed by atoms with E-state index < -0.39 is 0 Å². The Morgan fingerprint density at radius 1 is 1.21 bits per heavy atom. The van der Waals surface area contributed by atoms with Gasteiger partial charge in [0.05, 0.1) is 5.69 Å². The Kier molecular flexibility index (Phi) is 5.52. The number of hydrogen-bond donors (Lipinski definition) is 2. The highest BCUT2D eigenvalue weighted by Crippen LogP contribution is 1.99. The van der Waals surface area contributed by atoms with Crippen molar-refractivity contribution in [1.82, 2.24) is 20.3 Å². The molecule has 2 rings (SSSR count). The molecule has 0 aliphatic carbocycles. The van der Waals surface area contributed by atoms with E-state index in [1.807, 2.05) is 12.3 Å². The number of aliphatic hydroxyl groups is 1. The average Bonchev–Trinajstić information content (AvgIpc) is 2.90. The number of nitrogens with zero attached hydrogens (tertiary/aromatic N) is 3. The summed E-state index contributed by atoms with van der Waals surface area (Å²) in [5, 5.41) is 20.2. The first-order chi connectivity index (χ1) is 9.38. The summed E-state index contributed by atoms with van der Waals surface area (Å²) in [5.74, 6) is 0. The molecule has 0 saturated carbocycles. The summed E-state index contributed by atoms with van der Waals surface area (Å²) in [5.41, 5.74) is 2.27. The van der Waals surface area contributed by atoms with Gasteiger partial charge >= 0.3 is 0 Å². The van der Waals surface area contributed by atoms with Crippen molar-refractivity contribution in [3.8, 4) is 0 Å². The van der Waals surface area contributed by atoms with Gasteiger partial charge in [-0.3, -0.25) is 4.68 Å². The van der Waals surface area contributed by atoms with Crippen LogP contribution in [-0.4, -0.2) is 33.3 Å². The fourth-order valence-electron chi connectivity index (χ4n) is 1.86. The summed E-state index contributed by atoms with van der Waals surface area (Å²) in [6.45, 7) is 2.55. The van der Waals surface area contributed by atoms with Crippen LogP contribution < -0.4 is 5.32 Å². The van der Waals surface area contributed by atoms with Gasteiger partial charge in [0, 0.05) is 25.9 Å². The van der Waals surface area contributed by atoms with Crippen molar-refractivity contribution in [1.29, 1.82) is 0 Å². The van der Waals surface area contributed by atoms with Crippen LogP contribution in [0.1, 0.15) is 17.7 Å². The van der Waals surface area contributed by atoms with E-state index in [4.69, 9.17) is 5.11 Å². The van der Waals surface area contributed by atoms with Gasteiger partial charge < -0.3 is 10.4 Å². The van der Waals surface area contributed by atoms with Crippen LogP contribution in [0.5, 0.6) is 0 Å². The van der Waals surface area contributed by atoms with Gasteiger partial charge in [-0.05, 0) is 24.9 Å². The molecule has 0 unspecified atom stereocenters. The van der Waals surface area contributed by atoms with Gasteiger partial charge in [0.2, 0.25) is 0 Å². The van der Waals surface area contributed by atoms with E-state index in [0.717, 1.165) is 25.2 Å². The van der Waals surface area contributed by atoms with Gasteiger partial charge in [0.1, 0.15) is 0 Å². The molecule has 0 aliphatic rings. The Bertz CT molecular complexity index is 469. The third-order valence-corrected chi connectivity index (χ3v) is 2.87. The highest BCUT2D eigenvalue weighted by atomic mass is 16.3. The number of nitrogens with one attached hydrogen (secondary N) is 1. The molecule has 102 valence electrons. The molecule has 0 spiro atoms. The van der Waals surface area contributed by atoms with Crippen molar-refractivity contribution >= 4 is 0 Å². The lowest BCUT2D eigenvalue weighted by atomic mass is 10.1. The standard InChI is InChI=1S/C14H20N4O/c19-10-4-9-18-12-14(16-17-18)11-15-8-7-13-5-2-1-3-6-13/h1-3,5-6,12,15,19H,4,7-11H2. The number of benzene rings is 1. The van der Waals surface area contributed by atoms with Gasteiger partial charge in [0.25, 0.3) is 0 Å². The predicted molar refractivity (Wildman–Crippen MR) is 73.6 cm³/mol. The monoisotopic (exact) mass is 260 g/mol. The number of hydrogen-bond acceptors (Lipinski definition) is 4. The fourth-order valence-corrected chi connectivity index (χ4v) is 1.86. The minimum absolute atomic E-state index is 0.185. The van der Waals surface area contributed by atoms with Crippen molar-refractivity contribution in [3.63, 3.8) is 0 Å². The lowest BCUT2D eigenvalue weighted by Crippen LogP contribution is -2.16. The molecular weight excluding hydrogens is 240 g/mol. The van der Waals surface area contributed by atoms with Crippen molar-refractivity contribution in [2.45, 2.75) is 25.9 Å². The molecule has 19 heavy (non-hydrogen) atoms. The summed E-state index contributed by atoms with van der Waals surface area (Å²) < 4.78 is 1.77. The van der Waals surface area contributed by atoms with E-state index in [0.29, 0.717) is 13.0 Å². The van der Waals surface area contributed by atoms with Gasteiger partial charge in [-0.1, -0.05) is 35.5 Å². The van der Waals surface area contributed by atoms with Gasteiger partial charge in [-0.15, -0.1) is 5.10 Å². The molecule has 0 aliphatic heterocycles. The first kappa shape index (κ1) is 13.7. The first-order valence-corrected chi connectivity index (χ1v) is 6.63. The Balaban J connectivity index is 1.66. The van der Waals surface area contributed by atoms with Crippen molar-refractivity contribution < 1.29 is 5.11 Å². The lowest BCUT2D eigenvalue weighted by molar-refractivity contribution is 0.276. The maximum absolute atomic E-state index is 8.74. The van der Waals surface area contributed by atoms with E-state index in [1.54, 1.807) is 4.68 Å². The number of aliphatic hydroxyl groups excluding tert-OH is 1. The number of rotatable bonds is 8. The molecule has 1 aromatic carbocycles. The van der Waals surface area contributed by atoms with Crippen LogP contribution in [0.25, 0.3) is 0 Å². The van der Waals surface area contributed by atoms with E-state index in [2.05, 4.69) is 39.9 Å². The maximum Gasteiger partial charge on any atom is 0.0964 e. The van der Waals surface area contributed by atoms with Crippen LogP contribution in [0.4, 0.5) is 0 Å². The average molecular weight is 260 g/mol.